The minimum absolute atomic E-state index is 0.243. The summed E-state index contributed by atoms with van der Waals surface area (Å²) in [6.07, 6.45) is 1.61. The van der Waals surface area contributed by atoms with Gasteiger partial charge < -0.3 is 5.11 Å². The Hall–Kier alpha value is -2.48. The highest BCUT2D eigenvalue weighted by molar-refractivity contribution is 7.98. The first-order chi connectivity index (χ1) is 9.99. The minimum atomic E-state index is -1.32. The van der Waals surface area contributed by atoms with Gasteiger partial charge in [0.15, 0.2) is 5.16 Å². The van der Waals surface area contributed by atoms with Crippen molar-refractivity contribution in [2.45, 2.75) is 17.8 Å². The van der Waals surface area contributed by atoms with E-state index in [-0.39, 0.29) is 11.3 Å². The summed E-state index contributed by atoms with van der Waals surface area (Å²) in [4.78, 5) is 29.7. The van der Waals surface area contributed by atoms with Crippen molar-refractivity contribution in [3.63, 3.8) is 0 Å². The fourth-order valence-electron chi connectivity index (χ4n) is 1.74. The van der Waals surface area contributed by atoms with Crippen LogP contribution in [0, 0.1) is 17.0 Å². The van der Waals surface area contributed by atoms with Gasteiger partial charge in [0.05, 0.1) is 4.92 Å². The molecule has 2 rings (SSSR count). The lowest BCUT2D eigenvalue weighted by molar-refractivity contribution is -0.385. The molecule has 21 heavy (non-hydrogen) atoms. The normalized spacial score (nSPS) is 10.3. The van der Waals surface area contributed by atoms with Crippen molar-refractivity contribution in [1.82, 2.24) is 9.97 Å². The van der Waals surface area contributed by atoms with Crippen molar-refractivity contribution in [3.05, 3.63) is 57.4 Å². The molecule has 1 heterocycles. The number of nitrogens with zero attached hydrogens (tertiary/aromatic N) is 3. The lowest BCUT2D eigenvalue weighted by Crippen LogP contribution is -2.06. The van der Waals surface area contributed by atoms with E-state index in [1.54, 1.807) is 18.3 Å². The molecule has 7 nitrogen and oxygen atoms in total. The van der Waals surface area contributed by atoms with Crippen molar-refractivity contribution < 1.29 is 14.8 Å². The monoisotopic (exact) mass is 305 g/mol. The molecule has 0 saturated carbocycles. The molecule has 0 aliphatic rings. The van der Waals surface area contributed by atoms with Gasteiger partial charge in [-0.1, -0.05) is 23.9 Å². The van der Waals surface area contributed by atoms with E-state index in [0.717, 1.165) is 5.69 Å². The second-order valence-corrected chi connectivity index (χ2v) is 5.09. The summed E-state index contributed by atoms with van der Waals surface area (Å²) < 4.78 is 0. The van der Waals surface area contributed by atoms with Gasteiger partial charge in [0.2, 0.25) is 0 Å². The van der Waals surface area contributed by atoms with Crippen molar-refractivity contribution in [2.24, 2.45) is 0 Å². The molecule has 0 bridgehead atoms. The maximum atomic E-state index is 11.3. The summed E-state index contributed by atoms with van der Waals surface area (Å²) in [5.74, 6) is -1.07. The Morgan fingerprint density at radius 1 is 1.43 bits per heavy atom. The average molecular weight is 305 g/mol. The van der Waals surface area contributed by atoms with Gasteiger partial charge in [-0.25, -0.2) is 14.8 Å². The lowest BCUT2D eigenvalue weighted by Gasteiger charge is -2.06. The van der Waals surface area contributed by atoms with Crippen LogP contribution in [0.4, 0.5) is 5.69 Å². The first-order valence-electron chi connectivity index (χ1n) is 5.91. The Morgan fingerprint density at radius 2 is 2.19 bits per heavy atom. The van der Waals surface area contributed by atoms with Crippen LogP contribution < -0.4 is 0 Å². The molecule has 0 saturated heterocycles. The molecule has 0 aliphatic carbocycles. The molecule has 0 atom stereocenters. The molecule has 8 heteroatoms. The molecule has 0 unspecified atom stereocenters. The number of aryl methyl sites for hydroxylation is 1. The van der Waals surface area contributed by atoms with Crippen LogP contribution in [0.2, 0.25) is 0 Å². The Balaban J connectivity index is 2.30. The second kappa shape index (κ2) is 6.31. The number of hydrogen-bond donors (Lipinski definition) is 1. The number of benzene rings is 1. The third-order valence-corrected chi connectivity index (χ3v) is 3.58. The van der Waals surface area contributed by atoms with E-state index in [2.05, 4.69) is 9.97 Å². The SMILES string of the molecule is Cc1ccnc(SCc2cccc([N+](=O)[O-])c2C(=O)O)n1. The standard InChI is InChI=1S/C13H11N3O4S/c1-8-5-6-14-13(15-8)21-7-9-3-2-4-10(16(19)20)11(9)12(17)18/h2-6H,7H2,1H3,(H,17,18). The van der Waals surface area contributed by atoms with Gasteiger partial charge in [0, 0.05) is 23.7 Å². The van der Waals surface area contributed by atoms with Crippen LogP contribution in [-0.4, -0.2) is 26.0 Å². The Labute approximate surface area is 124 Å². The summed E-state index contributed by atoms with van der Waals surface area (Å²) in [6, 6.07) is 5.96. The molecule has 1 N–H and O–H groups in total. The number of carboxylic acids is 1. The van der Waals surface area contributed by atoms with E-state index in [1.807, 2.05) is 6.92 Å². The van der Waals surface area contributed by atoms with Gasteiger partial charge in [-0.15, -0.1) is 0 Å². The zero-order chi connectivity index (χ0) is 15.4. The Morgan fingerprint density at radius 3 is 2.81 bits per heavy atom. The second-order valence-electron chi connectivity index (χ2n) is 4.14. The number of aromatic nitrogens is 2. The smallest absolute Gasteiger partial charge is 0.343 e. The van der Waals surface area contributed by atoms with Gasteiger partial charge in [-0.3, -0.25) is 10.1 Å². The number of nitro benzene ring substituents is 1. The third kappa shape index (κ3) is 3.54. The van der Waals surface area contributed by atoms with Gasteiger partial charge in [0.1, 0.15) is 5.56 Å². The number of aromatic carboxylic acids is 1. The molecule has 0 radical (unpaired) electrons. The first-order valence-corrected chi connectivity index (χ1v) is 6.89. The van der Waals surface area contributed by atoms with Crippen molar-refractivity contribution in [1.29, 1.82) is 0 Å². The molecule has 0 aliphatic heterocycles. The van der Waals surface area contributed by atoms with Crippen LogP contribution in [0.25, 0.3) is 0 Å². The fourth-order valence-corrected chi connectivity index (χ4v) is 2.61. The Kier molecular flexibility index (Phi) is 4.49. The predicted molar refractivity (Wildman–Crippen MR) is 76.4 cm³/mol. The third-order valence-electron chi connectivity index (χ3n) is 2.67. The summed E-state index contributed by atoms with van der Waals surface area (Å²) in [7, 11) is 0. The molecule has 1 aromatic carbocycles. The topological polar surface area (TPSA) is 106 Å². The number of carboxylic acid groups (broad SMARTS) is 1. The zero-order valence-electron chi connectivity index (χ0n) is 11.0. The number of rotatable bonds is 5. The highest BCUT2D eigenvalue weighted by Crippen LogP contribution is 2.27. The average Bonchev–Trinajstić information content (AvgIpc) is 2.44. The van der Waals surface area contributed by atoms with Crippen molar-refractivity contribution in [3.8, 4) is 0 Å². The van der Waals surface area contributed by atoms with E-state index in [1.165, 1.54) is 23.9 Å². The van der Waals surface area contributed by atoms with E-state index in [9.17, 15) is 20.0 Å². The molecule has 0 fully saturated rings. The van der Waals surface area contributed by atoms with E-state index in [4.69, 9.17) is 0 Å². The summed E-state index contributed by atoms with van der Waals surface area (Å²) in [5, 5.41) is 20.6. The van der Waals surface area contributed by atoms with Gasteiger partial charge in [-0.2, -0.15) is 0 Å². The van der Waals surface area contributed by atoms with Crippen LogP contribution in [0.3, 0.4) is 0 Å². The van der Waals surface area contributed by atoms with E-state index in [0.29, 0.717) is 10.7 Å². The summed E-state index contributed by atoms with van der Waals surface area (Å²) >= 11 is 1.23. The lowest BCUT2D eigenvalue weighted by atomic mass is 10.1. The molecule has 0 spiro atoms. The van der Waals surface area contributed by atoms with Crippen LogP contribution in [0.1, 0.15) is 21.6 Å². The number of nitro groups is 1. The van der Waals surface area contributed by atoms with E-state index >= 15 is 0 Å². The first kappa shape index (κ1) is 14.9. The summed E-state index contributed by atoms with van der Waals surface area (Å²) in [6.45, 7) is 1.82. The largest absolute Gasteiger partial charge is 0.477 e. The van der Waals surface area contributed by atoms with Crippen LogP contribution in [0.5, 0.6) is 0 Å². The molecule has 108 valence electrons. The molecule has 2 aromatic rings. The fraction of sp³-hybridized carbons (Fsp3) is 0.154. The van der Waals surface area contributed by atoms with Crippen molar-refractivity contribution in [2.75, 3.05) is 0 Å². The Bertz CT molecular complexity index is 706. The van der Waals surface area contributed by atoms with Gasteiger partial charge in [-0.05, 0) is 18.6 Å². The van der Waals surface area contributed by atoms with Crippen LogP contribution >= 0.6 is 11.8 Å². The van der Waals surface area contributed by atoms with Crippen molar-refractivity contribution >= 4 is 23.4 Å². The maximum Gasteiger partial charge on any atom is 0.343 e. The molecular weight excluding hydrogens is 294 g/mol. The minimum Gasteiger partial charge on any atom is -0.477 e. The quantitative estimate of drug-likeness (QED) is 0.391. The number of carbonyl (C=O) groups is 1. The summed E-state index contributed by atoms with van der Waals surface area (Å²) in [5.41, 5.74) is 0.463. The van der Waals surface area contributed by atoms with E-state index < -0.39 is 16.6 Å². The number of thioether (sulfide) groups is 1. The zero-order valence-corrected chi connectivity index (χ0v) is 11.8. The molecule has 1 aromatic heterocycles. The maximum absolute atomic E-state index is 11.3. The molecular formula is C13H11N3O4S. The molecule has 0 amide bonds. The van der Waals surface area contributed by atoms with Crippen LogP contribution in [-0.2, 0) is 5.75 Å². The number of hydrogen-bond acceptors (Lipinski definition) is 6. The predicted octanol–water partition coefficient (Wildman–Crippen LogP) is 2.68. The van der Waals surface area contributed by atoms with Crippen LogP contribution in [0.15, 0.2) is 35.6 Å². The van der Waals surface area contributed by atoms with Gasteiger partial charge >= 0.3 is 5.97 Å². The highest BCUT2D eigenvalue weighted by atomic mass is 32.2. The van der Waals surface area contributed by atoms with Gasteiger partial charge in [0.25, 0.3) is 5.69 Å². The highest BCUT2D eigenvalue weighted by Gasteiger charge is 2.23.